The molecule has 0 N–H and O–H groups in total. The van der Waals surface area contributed by atoms with Crippen molar-refractivity contribution in [2.45, 2.75) is 32.0 Å². The minimum Gasteiger partial charge on any atom is -0.496 e. The molecule has 0 unspecified atom stereocenters. The van der Waals surface area contributed by atoms with Crippen molar-refractivity contribution in [2.24, 2.45) is 0 Å². The highest BCUT2D eigenvalue weighted by atomic mass is 32.2. The maximum absolute atomic E-state index is 12.3. The predicted molar refractivity (Wildman–Crippen MR) is 98.2 cm³/mol. The first kappa shape index (κ1) is 19.0. The van der Waals surface area contributed by atoms with E-state index < -0.39 is 9.84 Å². The number of nitrogens with zero attached hydrogens (tertiary/aromatic N) is 2. The number of hydrogen-bond acceptors (Lipinski definition) is 6. The van der Waals surface area contributed by atoms with Gasteiger partial charge in [-0.25, -0.2) is 8.42 Å². The molecule has 0 radical (unpaired) electrons. The summed E-state index contributed by atoms with van der Waals surface area (Å²) in [5.74, 6) is 1.58. The number of methoxy groups -OCH3 is 2. The molecule has 0 saturated carbocycles. The van der Waals surface area contributed by atoms with Gasteiger partial charge in [-0.05, 0) is 12.1 Å². The molecular weight excluding hydrogens is 356 g/mol. The van der Waals surface area contributed by atoms with Crippen LogP contribution in [0.25, 0.3) is 0 Å². The van der Waals surface area contributed by atoms with Crippen LogP contribution in [0.15, 0.2) is 18.2 Å². The van der Waals surface area contributed by atoms with Crippen LogP contribution in [0.2, 0.25) is 0 Å². The number of hydrogen-bond donors (Lipinski definition) is 0. The van der Waals surface area contributed by atoms with Gasteiger partial charge in [0.2, 0.25) is 5.91 Å². The summed E-state index contributed by atoms with van der Waals surface area (Å²) in [4.78, 5) is 16.2. The highest BCUT2D eigenvalue weighted by Crippen LogP contribution is 2.34. The normalized spacial score (nSPS) is 25.0. The molecule has 8 heteroatoms. The monoisotopic (exact) mass is 382 g/mol. The largest absolute Gasteiger partial charge is 0.496 e. The van der Waals surface area contributed by atoms with Gasteiger partial charge in [-0.3, -0.25) is 9.69 Å². The fraction of sp³-hybridized carbons (Fsp3) is 0.611. The molecule has 0 bridgehead atoms. The zero-order valence-electron chi connectivity index (χ0n) is 15.5. The maximum atomic E-state index is 12.3. The van der Waals surface area contributed by atoms with Crippen LogP contribution in [0.3, 0.4) is 0 Å². The summed E-state index contributed by atoms with van der Waals surface area (Å²) in [6.45, 7) is 3.51. The summed E-state index contributed by atoms with van der Waals surface area (Å²) in [5.41, 5.74) is 0.899. The number of piperazine rings is 1. The Kier molecular flexibility index (Phi) is 5.43. The van der Waals surface area contributed by atoms with Gasteiger partial charge in [-0.15, -0.1) is 0 Å². The molecule has 2 saturated heterocycles. The standard InChI is InChI=1S/C18H26N2O5S/c1-4-18(21)20-9-8-19(14-11-26(22,23)12-15(14)20)10-13-16(24-2)6-5-7-17(13)25-3/h5-7,14-15H,4,8-12H2,1-3H3/t14-,15+/m0/s1. The van der Waals surface area contributed by atoms with Gasteiger partial charge < -0.3 is 14.4 Å². The van der Waals surface area contributed by atoms with E-state index in [2.05, 4.69) is 4.90 Å². The van der Waals surface area contributed by atoms with Gasteiger partial charge in [-0.2, -0.15) is 0 Å². The number of ether oxygens (including phenoxy) is 2. The van der Waals surface area contributed by atoms with E-state index in [1.165, 1.54) is 0 Å². The molecule has 2 aliphatic rings. The lowest BCUT2D eigenvalue weighted by atomic mass is 10.0. The van der Waals surface area contributed by atoms with Crippen molar-refractivity contribution in [3.05, 3.63) is 23.8 Å². The van der Waals surface area contributed by atoms with Crippen molar-refractivity contribution in [1.29, 1.82) is 0 Å². The summed E-state index contributed by atoms with van der Waals surface area (Å²) in [6, 6.07) is 5.14. The smallest absolute Gasteiger partial charge is 0.222 e. The van der Waals surface area contributed by atoms with Crippen molar-refractivity contribution in [1.82, 2.24) is 9.80 Å². The second kappa shape index (κ2) is 7.44. The molecule has 2 atom stereocenters. The van der Waals surface area contributed by atoms with Gasteiger partial charge in [0.25, 0.3) is 0 Å². The lowest BCUT2D eigenvalue weighted by Crippen LogP contribution is -2.60. The molecule has 0 spiro atoms. The number of amides is 1. The van der Waals surface area contributed by atoms with Crippen LogP contribution in [0.4, 0.5) is 0 Å². The molecular formula is C18H26N2O5S. The van der Waals surface area contributed by atoms with Crippen LogP contribution in [0.5, 0.6) is 11.5 Å². The lowest BCUT2D eigenvalue weighted by Gasteiger charge is -2.44. The fourth-order valence-corrected chi connectivity index (χ4v) is 6.03. The van der Waals surface area contributed by atoms with E-state index in [1.54, 1.807) is 19.1 Å². The van der Waals surface area contributed by atoms with E-state index in [4.69, 9.17) is 9.47 Å². The molecule has 0 aliphatic carbocycles. The van der Waals surface area contributed by atoms with Gasteiger partial charge in [0, 0.05) is 32.1 Å². The Labute approximate surface area is 154 Å². The zero-order chi connectivity index (χ0) is 18.9. The van der Waals surface area contributed by atoms with Crippen LogP contribution in [-0.2, 0) is 21.2 Å². The summed E-state index contributed by atoms with van der Waals surface area (Å²) in [5, 5.41) is 0. The van der Waals surface area contributed by atoms with Gasteiger partial charge in [0.15, 0.2) is 9.84 Å². The average Bonchev–Trinajstić information content (AvgIpc) is 2.96. The molecule has 0 aromatic heterocycles. The third-order valence-corrected chi connectivity index (χ3v) is 7.00. The SMILES string of the molecule is CCC(=O)N1CCN(Cc2c(OC)cccc2OC)[C@H]2CS(=O)(=O)C[C@H]21. The zero-order valence-corrected chi connectivity index (χ0v) is 16.3. The third-order valence-electron chi connectivity index (χ3n) is 5.30. The van der Waals surface area contributed by atoms with E-state index in [-0.39, 0.29) is 29.5 Å². The number of carbonyl (C=O) groups is 1. The molecule has 26 heavy (non-hydrogen) atoms. The predicted octanol–water partition coefficient (Wildman–Crippen LogP) is 0.924. The highest BCUT2D eigenvalue weighted by molar-refractivity contribution is 7.91. The number of rotatable bonds is 5. The Morgan fingerprint density at radius 1 is 1.12 bits per heavy atom. The van der Waals surface area contributed by atoms with Gasteiger partial charge in [0.1, 0.15) is 11.5 Å². The number of fused-ring (bicyclic) bond motifs is 1. The van der Waals surface area contributed by atoms with Crippen molar-refractivity contribution in [2.75, 3.05) is 38.8 Å². The Morgan fingerprint density at radius 2 is 1.73 bits per heavy atom. The van der Waals surface area contributed by atoms with E-state index in [1.807, 2.05) is 25.1 Å². The van der Waals surface area contributed by atoms with Crippen LogP contribution in [0, 0.1) is 0 Å². The topological polar surface area (TPSA) is 76.2 Å². The van der Waals surface area contributed by atoms with E-state index in [0.29, 0.717) is 37.6 Å². The van der Waals surface area contributed by atoms with Crippen molar-refractivity contribution < 1.29 is 22.7 Å². The molecule has 2 fully saturated rings. The molecule has 1 aromatic rings. The Balaban J connectivity index is 1.90. The molecule has 2 aliphatic heterocycles. The van der Waals surface area contributed by atoms with Crippen LogP contribution < -0.4 is 9.47 Å². The van der Waals surface area contributed by atoms with Crippen LogP contribution >= 0.6 is 0 Å². The van der Waals surface area contributed by atoms with Gasteiger partial charge in [0.05, 0.1) is 37.3 Å². The Hall–Kier alpha value is -1.80. The first-order valence-electron chi connectivity index (χ1n) is 8.84. The molecule has 3 rings (SSSR count). The second-order valence-electron chi connectivity index (χ2n) is 6.76. The minimum absolute atomic E-state index is 0.0200. The average molecular weight is 382 g/mol. The first-order valence-corrected chi connectivity index (χ1v) is 10.7. The summed E-state index contributed by atoms with van der Waals surface area (Å²) >= 11 is 0. The summed E-state index contributed by atoms with van der Waals surface area (Å²) in [7, 11) is 0.0620. The van der Waals surface area contributed by atoms with E-state index in [0.717, 1.165) is 5.56 Å². The first-order chi connectivity index (χ1) is 12.4. The molecule has 7 nitrogen and oxygen atoms in total. The lowest BCUT2D eigenvalue weighted by molar-refractivity contribution is -0.136. The van der Waals surface area contributed by atoms with Crippen LogP contribution in [-0.4, -0.2) is 75.0 Å². The van der Waals surface area contributed by atoms with E-state index >= 15 is 0 Å². The quantitative estimate of drug-likeness (QED) is 0.754. The molecule has 144 valence electrons. The summed E-state index contributed by atoms with van der Waals surface area (Å²) < 4.78 is 35.5. The number of sulfone groups is 1. The fourth-order valence-electron chi connectivity index (χ4n) is 4.02. The van der Waals surface area contributed by atoms with Crippen molar-refractivity contribution in [3.8, 4) is 11.5 Å². The third kappa shape index (κ3) is 3.53. The van der Waals surface area contributed by atoms with Gasteiger partial charge in [-0.1, -0.05) is 13.0 Å². The van der Waals surface area contributed by atoms with E-state index in [9.17, 15) is 13.2 Å². The molecule has 2 heterocycles. The maximum Gasteiger partial charge on any atom is 0.222 e. The summed E-state index contributed by atoms with van der Waals surface area (Å²) in [6.07, 6.45) is 0.392. The Morgan fingerprint density at radius 3 is 2.31 bits per heavy atom. The van der Waals surface area contributed by atoms with Crippen molar-refractivity contribution >= 4 is 15.7 Å². The highest BCUT2D eigenvalue weighted by Gasteiger charge is 2.47. The Bertz CT molecular complexity index is 758. The number of carbonyl (C=O) groups excluding carboxylic acids is 1. The van der Waals surface area contributed by atoms with Gasteiger partial charge >= 0.3 is 0 Å². The molecule has 1 aromatic carbocycles. The number of benzene rings is 1. The second-order valence-corrected chi connectivity index (χ2v) is 8.92. The molecule has 1 amide bonds. The van der Waals surface area contributed by atoms with Crippen molar-refractivity contribution in [3.63, 3.8) is 0 Å². The minimum atomic E-state index is -3.16. The van der Waals surface area contributed by atoms with Crippen LogP contribution in [0.1, 0.15) is 18.9 Å².